The van der Waals surface area contributed by atoms with Crippen molar-refractivity contribution >= 4 is 27.7 Å². The predicted molar refractivity (Wildman–Crippen MR) is 123 cm³/mol. The number of carboxylic acid groups (broad SMARTS) is 1. The summed E-state index contributed by atoms with van der Waals surface area (Å²) in [5.41, 5.74) is 0.818. The third kappa shape index (κ3) is 5.52. The number of benzene rings is 1. The van der Waals surface area contributed by atoms with Crippen molar-refractivity contribution in [3.63, 3.8) is 0 Å². The lowest BCUT2D eigenvalue weighted by molar-refractivity contribution is -0.123. The van der Waals surface area contributed by atoms with Crippen LogP contribution in [0.5, 0.6) is 0 Å². The van der Waals surface area contributed by atoms with Gasteiger partial charge in [-0.05, 0) is 30.4 Å². The van der Waals surface area contributed by atoms with Gasteiger partial charge in [0.05, 0.1) is 29.2 Å². The first-order chi connectivity index (χ1) is 16.2. The SMILES string of the molecule is CCc1c(C#N)c(N2CCC(C(=O)NS(=O)(=O)Cc3ccccc3)CC2)nc(CO)c1C(=O)O. The number of carbonyl (C=O) groups excluding carboxylic acids is 1. The first-order valence-corrected chi connectivity index (χ1v) is 12.5. The zero-order valence-electron chi connectivity index (χ0n) is 18.7. The number of nitrogens with one attached hydrogen (secondary N) is 1. The molecule has 180 valence electrons. The lowest BCUT2D eigenvalue weighted by Gasteiger charge is -2.33. The molecule has 1 aliphatic rings. The van der Waals surface area contributed by atoms with E-state index in [-0.39, 0.29) is 34.8 Å². The van der Waals surface area contributed by atoms with Crippen LogP contribution in [0.1, 0.15) is 52.5 Å². The number of anilines is 1. The fraction of sp³-hybridized carbons (Fsp3) is 0.391. The maximum Gasteiger partial charge on any atom is 0.337 e. The second kappa shape index (κ2) is 10.6. The quantitative estimate of drug-likeness (QED) is 0.503. The molecule has 0 atom stereocenters. The van der Waals surface area contributed by atoms with Crippen molar-refractivity contribution in [1.29, 1.82) is 5.26 Å². The molecule has 1 fully saturated rings. The van der Waals surface area contributed by atoms with Crippen LogP contribution >= 0.6 is 0 Å². The van der Waals surface area contributed by atoms with Gasteiger partial charge in [-0.3, -0.25) is 9.52 Å². The summed E-state index contributed by atoms with van der Waals surface area (Å²) in [6.07, 6.45) is 0.927. The van der Waals surface area contributed by atoms with Crippen molar-refractivity contribution < 1.29 is 28.2 Å². The number of aliphatic hydroxyl groups excluding tert-OH is 1. The van der Waals surface area contributed by atoms with E-state index in [1.165, 1.54) is 0 Å². The van der Waals surface area contributed by atoms with Gasteiger partial charge in [-0.15, -0.1) is 0 Å². The van der Waals surface area contributed by atoms with Gasteiger partial charge < -0.3 is 15.1 Å². The maximum atomic E-state index is 12.6. The molecule has 3 N–H and O–H groups in total. The molecule has 1 saturated heterocycles. The third-order valence-electron chi connectivity index (χ3n) is 5.81. The summed E-state index contributed by atoms with van der Waals surface area (Å²) in [6.45, 7) is 1.77. The Morgan fingerprint density at radius 1 is 1.24 bits per heavy atom. The molecule has 0 unspecified atom stereocenters. The molecule has 0 saturated carbocycles. The Morgan fingerprint density at radius 3 is 2.41 bits per heavy atom. The van der Waals surface area contributed by atoms with E-state index in [1.54, 1.807) is 42.2 Å². The molecule has 1 aromatic carbocycles. The zero-order valence-corrected chi connectivity index (χ0v) is 19.5. The standard InChI is InChI=1S/C23H26N4O6S/c1-2-17-18(12-24)21(25-19(13-28)20(17)23(30)31)27-10-8-16(9-11-27)22(29)26-34(32,33)14-15-6-4-3-5-7-15/h3-7,16,28H,2,8-11,13-14H2,1H3,(H,26,29)(H,30,31). The first-order valence-electron chi connectivity index (χ1n) is 10.8. The molecule has 1 amide bonds. The molecule has 11 heteroatoms. The largest absolute Gasteiger partial charge is 0.478 e. The van der Waals surface area contributed by atoms with Gasteiger partial charge in [0, 0.05) is 19.0 Å². The fourth-order valence-corrected chi connectivity index (χ4v) is 5.34. The molecule has 10 nitrogen and oxygen atoms in total. The number of aromatic carboxylic acids is 1. The van der Waals surface area contributed by atoms with Crippen molar-refractivity contribution in [3.8, 4) is 6.07 Å². The summed E-state index contributed by atoms with van der Waals surface area (Å²) in [5, 5.41) is 28.9. The van der Waals surface area contributed by atoms with Gasteiger partial charge in [0.2, 0.25) is 15.9 Å². The molecule has 0 radical (unpaired) electrons. The second-order valence-electron chi connectivity index (χ2n) is 8.01. The highest BCUT2D eigenvalue weighted by Crippen LogP contribution is 2.30. The van der Waals surface area contributed by atoms with E-state index in [0.717, 1.165) is 0 Å². The number of aliphatic hydroxyl groups is 1. The van der Waals surface area contributed by atoms with Gasteiger partial charge in [0.25, 0.3) is 0 Å². The number of carboxylic acids is 1. The van der Waals surface area contributed by atoms with Crippen molar-refractivity contribution in [2.45, 2.75) is 38.5 Å². The fourth-order valence-electron chi connectivity index (χ4n) is 4.16. The lowest BCUT2D eigenvalue weighted by atomic mass is 9.94. The molecular formula is C23H26N4O6S. The summed E-state index contributed by atoms with van der Waals surface area (Å²) in [6, 6.07) is 10.6. The van der Waals surface area contributed by atoms with Crippen molar-refractivity contribution in [3.05, 3.63) is 58.3 Å². The number of hydrogen-bond acceptors (Lipinski definition) is 8. The van der Waals surface area contributed by atoms with Crippen LogP contribution in [0.25, 0.3) is 0 Å². The van der Waals surface area contributed by atoms with Crippen LogP contribution in [0.15, 0.2) is 30.3 Å². The molecular weight excluding hydrogens is 460 g/mol. The Labute approximate surface area is 197 Å². The van der Waals surface area contributed by atoms with E-state index in [0.29, 0.717) is 37.1 Å². The van der Waals surface area contributed by atoms with Crippen LogP contribution in [0.3, 0.4) is 0 Å². The molecule has 0 bridgehead atoms. The number of pyridine rings is 1. The molecule has 1 aromatic heterocycles. The summed E-state index contributed by atoms with van der Waals surface area (Å²) in [5.74, 6) is -2.40. The highest BCUT2D eigenvalue weighted by molar-refractivity contribution is 7.89. The number of amides is 1. The smallest absolute Gasteiger partial charge is 0.337 e. The Kier molecular flexibility index (Phi) is 7.86. The Balaban J connectivity index is 1.74. The van der Waals surface area contributed by atoms with Crippen molar-refractivity contribution in [2.75, 3.05) is 18.0 Å². The minimum atomic E-state index is -3.84. The van der Waals surface area contributed by atoms with E-state index in [2.05, 4.69) is 9.71 Å². The third-order valence-corrected chi connectivity index (χ3v) is 7.03. The monoisotopic (exact) mass is 486 g/mol. The minimum absolute atomic E-state index is 0.0229. The van der Waals surface area contributed by atoms with Crippen molar-refractivity contribution in [2.24, 2.45) is 5.92 Å². The topological polar surface area (TPSA) is 161 Å². The number of rotatable bonds is 8. The number of nitriles is 1. The van der Waals surface area contributed by atoms with E-state index < -0.39 is 34.4 Å². The molecule has 34 heavy (non-hydrogen) atoms. The molecule has 2 aromatic rings. The van der Waals surface area contributed by atoms with Gasteiger partial charge in [0.1, 0.15) is 11.9 Å². The highest BCUT2D eigenvalue weighted by atomic mass is 32.2. The molecule has 2 heterocycles. The number of sulfonamides is 1. The van der Waals surface area contributed by atoms with Gasteiger partial charge >= 0.3 is 5.97 Å². The Hall–Kier alpha value is -3.49. The van der Waals surface area contributed by atoms with Gasteiger partial charge in [-0.1, -0.05) is 37.3 Å². The maximum absolute atomic E-state index is 12.6. The average Bonchev–Trinajstić information content (AvgIpc) is 2.82. The highest BCUT2D eigenvalue weighted by Gasteiger charge is 2.31. The van der Waals surface area contributed by atoms with Crippen LogP contribution in [-0.4, -0.2) is 48.6 Å². The lowest BCUT2D eigenvalue weighted by Crippen LogP contribution is -2.43. The average molecular weight is 487 g/mol. The normalized spacial score (nSPS) is 14.4. The molecule has 0 aliphatic carbocycles. The van der Waals surface area contributed by atoms with Crippen molar-refractivity contribution in [1.82, 2.24) is 9.71 Å². The summed E-state index contributed by atoms with van der Waals surface area (Å²) >= 11 is 0. The molecule has 3 rings (SSSR count). The summed E-state index contributed by atoms with van der Waals surface area (Å²) < 4.78 is 26.9. The van der Waals surface area contributed by atoms with E-state index in [4.69, 9.17) is 0 Å². The molecule has 1 aliphatic heterocycles. The number of carbonyl (C=O) groups is 2. The van der Waals surface area contributed by atoms with Crippen LogP contribution in [-0.2, 0) is 33.6 Å². The predicted octanol–water partition coefficient (Wildman–Crippen LogP) is 1.57. The summed E-state index contributed by atoms with van der Waals surface area (Å²) in [4.78, 5) is 30.3. The van der Waals surface area contributed by atoms with Gasteiger partial charge in [0.15, 0.2) is 0 Å². The number of aromatic nitrogens is 1. The van der Waals surface area contributed by atoms with Crippen LogP contribution in [0.2, 0.25) is 0 Å². The van der Waals surface area contributed by atoms with Crippen LogP contribution in [0.4, 0.5) is 5.82 Å². The Morgan fingerprint density at radius 2 is 1.88 bits per heavy atom. The second-order valence-corrected chi connectivity index (χ2v) is 9.73. The Bertz CT molecular complexity index is 1220. The van der Waals surface area contributed by atoms with Crippen LogP contribution in [0, 0.1) is 17.2 Å². The zero-order chi connectivity index (χ0) is 24.9. The minimum Gasteiger partial charge on any atom is -0.478 e. The van der Waals surface area contributed by atoms with E-state index >= 15 is 0 Å². The first kappa shape index (κ1) is 25.1. The number of hydrogen-bond donors (Lipinski definition) is 3. The number of piperidine rings is 1. The van der Waals surface area contributed by atoms with E-state index in [1.807, 2.05) is 6.07 Å². The van der Waals surface area contributed by atoms with Crippen LogP contribution < -0.4 is 9.62 Å². The number of nitrogens with zero attached hydrogens (tertiary/aromatic N) is 3. The van der Waals surface area contributed by atoms with E-state index in [9.17, 15) is 33.5 Å². The van der Waals surface area contributed by atoms with Gasteiger partial charge in [-0.25, -0.2) is 18.2 Å². The summed E-state index contributed by atoms with van der Waals surface area (Å²) in [7, 11) is -3.84. The molecule has 0 spiro atoms. The van der Waals surface area contributed by atoms with Gasteiger partial charge in [-0.2, -0.15) is 5.26 Å².